The summed E-state index contributed by atoms with van der Waals surface area (Å²) in [5, 5.41) is 17.7. The van der Waals surface area contributed by atoms with Gasteiger partial charge in [-0.2, -0.15) is 5.26 Å². The molecule has 0 atom stereocenters. The van der Waals surface area contributed by atoms with Crippen LogP contribution in [0.25, 0.3) is 10.9 Å². The molecule has 152 valence electrons. The number of amidine groups is 1. The molecule has 6 nitrogen and oxygen atoms in total. The van der Waals surface area contributed by atoms with Crippen LogP contribution in [-0.2, 0) is 6.54 Å². The Morgan fingerprint density at radius 2 is 1.87 bits per heavy atom. The second-order valence-corrected chi connectivity index (χ2v) is 7.27. The average molecular weight is 408 g/mol. The van der Waals surface area contributed by atoms with Gasteiger partial charge in [0.05, 0.1) is 11.6 Å². The highest BCUT2D eigenvalue weighted by atomic mass is 16.5. The number of nitrogen functional groups attached to an aromatic ring is 1. The van der Waals surface area contributed by atoms with E-state index in [2.05, 4.69) is 6.07 Å². The molecule has 31 heavy (non-hydrogen) atoms. The van der Waals surface area contributed by atoms with Crippen molar-refractivity contribution in [2.75, 3.05) is 0 Å². The van der Waals surface area contributed by atoms with Crippen molar-refractivity contribution < 1.29 is 9.53 Å². The Morgan fingerprint density at radius 1 is 1.10 bits per heavy atom. The Balaban J connectivity index is 1.76. The Hall–Kier alpha value is -4.37. The van der Waals surface area contributed by atoms with Gasteiger partial charge in [0.2, 0.25) is 0 Å². The normalized spacial score (nSPS) is 10.6. The molecule has 0 radical (unpaired) electrons. The molecular formula is C25H20N4O2. The molecule has 0 unspecified atom stereocenters. The Kier molecular flexibility index (Phi) is 5.25. The zero-order chi connectivity index (χ0) is 22.0. The van der Waals surface area contributed by atoms with E-state index in [4.69, 9.17) is 15.9 Å². The Bertz CT molecular complexity index is 1360. The number of aryl methyl sites for hydroxylation is 1. The molecular weight excluding hydrogens is 388 g/mol. The maximum atomic E-state index is 13.1. The minimum atomic E-state index is -0.507. The van der Waals surface area contributed by atoms with E-state index in [-0.39, 0.29) is 5.84 Å². The number of carbonyl (C=O) groups is 1. The van der Waals surface area contributed by atoms with Gasteiger partial charge in [-0.1, -0.05) is 36.4 Å². The highest BCUT2D eigenvalue weighted by molar-refractivity contribution is 5.98. The Labute approximate surface area is 179 Å². The fourth-order valence-corrected chi connectivity index (χ4v) is 3.58. The number of ether oxygens (including phenoxy) is 1. The molecule has 3 aromatic carbocycles. The van der Waals surface area contributed by atoms with Gasteiger partial charge < -0.3 is 15.0 Å². The zero-order valence-electron chi connectivity index (χ0n) is 16.9. The van der Waals surface area contributed by atoms with E-state index in [9.17, 15) is 10.1 Å². The van der Waals surface area contributed by atoms with Gasteiger partial charge in [0.15, 0.2) is 0 Å². The van der Waals surface area contributed by atoms with Crippen molar-refractivity contribution in [2.24, 2.45) is 5.73 Å². The molecule has 0 amide bonds. The maximum absolute atomic E-state index is 13.1. The fourth-order valence-electron chi connectivity index (χ4n) is 3.58. The van der Waals surface area contributed by atoms with E-state index in [1.165, 1.54) is 0 Å². The van der Waals surface area contributed by atoms with Crippen LogP contribution in [0.1, 0.15) is 32.7 Å². The van der Waals surface area contributed by atoms with Crippen LogP contribution in [0.15, 0.2) is 72.8 Å². The van der Waals surface area contributed by atoms with Crippen molar-refractivity contribution in [1.82, 2.24) is 4.57 Å². The predicted octanol–water partition coefficient (Wildman–Crippen LogP) is 4.37. The van der Waals surface area contributed by atoms with Gasteiger partial charge in [0.1, 0.15) is 17.3 Å². The zero-order valence-corrected chi connectivity index (χ0v) is 16.9. The number of benzene rings is 3. The van der Waals surface area contributed by atoms with E-state index < -0.39 is 5.97 Å². The summed E-state index contributed by atoms with van der Waals surface area (Å²) in [5.41, 5.74) is 9.86. The van der Waals surface area contributed by atoms with Crippen LogP contribution in [-0.4, -0.2) is 16.4 Å². The topological polar surface area (TPSA) is 105 Å². The highest BCUT2D eigenvalue weighted by Gasteiger charge is 2.19. The summed E-state index contributed by atoms with van der Waals surface area (Å²) in [6, 6.07) is 23.8. The second-order valence-electron chi connectivity index (χ2n) is 7.27. The number of nitrogens with two attached hydrogens (primary N) is 1. The molecule has 0 fully saturated rings. The first-order valence-corrected chi connectivity index (χ1v) is 9.71. The van der Waals surface area contributed by atoms with E-state index in [1.807, 2.05) is 54.0 Å². The van der Waals surface area contributed by atoms with Crippen molar-refractivity contribution in [1.29, 1.82) is 10.7 Å². The van der Waals surface area contributed by atoms with E-state index >= 15 is 0 Å². The summed E-state index contributed by atoms with van der Waals surface area (Å²) in [7, 11) is 0. The molecule has 0 bridgehead atoms. The molecule has 1 heterocycles. The lowest BCUT2D eigenvalue weighted by atomic mass is 10.1. The van der Waals surface area contributed by atoms with E-state index in [1.54, 1.807) is 30.3 Å². The summed E-state index contributed by atoms with van der Waals surface area (Å²) in [5.74, 6) is -0.287. The number of aromatic nitrogens is 1. The molecule has 0 aliphatic carbocycles. The molecule has 4 rings (SSSR count). The third-order valence-corrected chi connectivity index (χ3v) is 5.13. The fraction of sp³-hybridized carbons (Fsp3) is 0.0800. The van der Waals surface area contributed by atoms with Crippen molar-refractivity contribution in [2.45, 2.75) is 13.5 Å². The quantitative estimate of drug-likeness (QED) is 0.221. The molecule has 0 saturated carbocycles. The van der Waals surface area contributed by atoms with Crippen LogP contribution in [0.4, 0.5) is 0 Å². The van der Waals surface area contributed by atoms with Gasteiger partial charge in [0, 0.05) is 23.0 Å². The summed E-state index contributed by atoms with van der Waals surface area (Å²) in [4.78, 5) is 13.1. The number of hydrogen-bond acceptors (Lipinski definition) is 4. The molecule has 0 aliphatic rings. The number of esters is 1. The number of nitriles is 1. The monoisotopic (exact) mass is 408 g/mol. The van der Waals surface area contributed by atoms with Gasteiger partial charge in [0.25, 0.3) is 0 Å². The van der Waals surface area contributed by atoms with Gasteiger partial charge >= 0.3 is 5.97 Å². The minimum absolute atomic E-state index is 0.0972. The molecule has 1 aromatic heterocycles. The van der Waals surface area contributed by atoms with Crippen molar-refractivity contribution >= 4 is 22.7 Å². The summed E-state index contributed by atoms with van der Waals surface area (Å²) >= 11 is 0. The molecule has 3 N–H and O–H groups in total. The summed E-state index contributed by atoms with van der Waals surface area (Å²) in [6.07, 6.45) is 0. The molecule has 6 heteroatoms. The smallest absolute Gasteiger partial charge is 0.360 e. The van der Waals surface area contributed by atoms with E-state index in [0.29, 0.717) is 29.1 Å². The Morgan fingerprint density at radius 3 is 2.65 bits per heavy atom. The number of rotatable bonds is 5. The minimum Gasteiger partial charge on any atom is -0.422 e. The van der Waals surface area contributed by atoms with Crippen LogP contribution in [0.2, 0.25) is 0 Å². The maximum Gasteiger partial charge on any atom is 0.360 e. The third-order valence-electron chi connectivity index (χ3n) is 5.13. The second kappa shape index (κ2) is 8.17. The van der Waals surface area contributed by atoms with Crippen LogP contribution in [0, 0.1) is 23.7 Å². The third kappa shape index (κ3) is 4.02. The molecule has 0 saturated heterocycles. The van der Waals surface area contributed by atoms with Crippen molar-refractivity contribution in [3.05, 3.63) is 101 Å². The van der Waals surface area contributed by atoms with E-state index in [0.717, 1.165) is 22.0 Å². The number of nitrogens with one attached hydrogen (secondary N) is 1. The molecule has 0 spiro atoms. The van der Waals surface area contributed by atoms with Gasteiger partial charge in [-0.05, 0) is 54.4 Å². The molecule has 4 aromatic rings. The van der Waals surface area contributed by atoms with Crippen molar-refractivity contribution in [3.8, 4) is 11.8 Å². The summed E-state index contributed by atoms with van der Waals surface area (Å²) < 4.78 is 7.52. The van der Waals surface area contributed by atoms with Crippen LogP contribution in [0.5, 0.6) is 5.75 Å². The first-order chi connectivity index (χ1) is 15.0. The lowest BCUT2D eigenvalue weighted by Gasteiger charge is -2.12. The first-order valence-electron chi connectivity index (χ1n) is 9.71. The van der Waals surface area contributed by atoms with Crippen molar-refractivity contribution in [3.63, 3.8) is 0 Å². The standard InChI is InChI=1S/C25H20N4O2/c1-16-5-2-10-22-21(16)13-23(29(22)15-18-7-3-6-17(11-18)14-26)25(30)31-20-9-4-8-19(12-20)24(27)28/h2-13H,15H2,1H3,(H3,27,28). The van der Waals surface area contributed by atoms with Gasteiger partial charge in [-0.25, -0.2) is 4.79 Å². The first kappa shape index (κ1) is 19.9. The SMILES string of the molecule is Cc1cccc2c1cc(C(=O)Oc1cccc(C(=N)N)c1)n2Cc1cccc(C#N)c1. The largest absolute Gasteiger partial charge is 0.422 e. The lowest BCUT2D eigenvalue weighted by molar-refractivity contribution is 0.0724. The number of nitrogens with zero attached hydrogens (tertiary/aromatic N) is 2. The van der Waals surface area contributed by atoms with Gasteiger partial charge in [-0.3, -0.25) is 5.41 Å². The number of carbonyl (C=O) groups excluding carboxylic acids is 1. The number of hydrogen-bond donors (Lipinski definition) is 2. The summed E-state index contributed by atoms with van der Waals surface area (Å²) in [6.45, 7) is 2.41. The average Bonchev–Trinajstić information content (AvgIpc) is 3.14. The van der Waals surface area contributed by atoms with Crippen LogP contribution in [0.3, 0.4) is 0 Å². The molecule has 0 aliphatic heterocycles. The van der Waals surface area contributed by atoms with Crippen LogP contribution >= 0.6 is 0 Å². The van der Waals surface area contributed by atoms with Crippen LogP contribution < -0.4 is 10.5 Å². The lowest BCUT2D eigenvalue weighted by Crippen LogP contribution is -2.16. The number of fused-ring (bicyclic) bond motifs is 1. The highest BCUT2D eigenvalue weighted by Crippen LogP contribution is 2.26. The van der Waals surface area contributed by atoms with Gasteiger partial charge in [-0.15, -0.1) is 0 Å². The predicted molar refractivity (Wildman–Crippen MR) is 119 cm³/mol.